The van der Waals surface area contributed by atoms with Crippen LogP contribution in [0, 0.1) is 0 Å². The van der Waals surface area contributed by atoms with Crippen LogP contribution in [0.3, 0.4) is 0 Å². The largest absolute Gasteiger partial charge is 0.444 e. The molecule has 0 saturated carbocycles. The van der Waals surface area contributed by atoms with Crippen molar-refractivity contribution in [2.75, 3.05) is 6.54 Å². The molecule has 8 nitrogen and oxygen atoms in total. The molecule has 1 saturated heterocycles. The number of aryl methyl sites for hydroxylation is 2. The summed E-state index contributed by atoms with van der Waals surface area (Å²) in [6.07, 6.45) is 6.43. The summed E-state index contributed by atoms with van der Waals surface area (Å²) < 4.78 is 5.51. The van der Waals surface area contributed by atoms with E-state index in [1.807, 2.05) is 24.3 Å². The summed E-state index contributed by atoms with van der Waals surface area (Å²) in [7, 11) is 0. The summed E-state index contributed by atoms with van der Waals surface area (Å²) in [5.41, 5.74) is 6.39. The van der Waals surface area contributed by atoms with Gasteiger partial charge in [-0.3, -0.25) is 9.59 Å². The van der Waals surface area contributed by atoms with Gasteiger partial charge in [0.15, 0.2) is 0 Å². The molecule has 0 spiro atoms. The van der Waals surface area contributed by atoms with E-state index in [1.54, 1.807) is 20.8 Å². The number of rotatable bonds is 8. The van der Waals surface area contributed by atoms with Crippen molar-refractivity contribution in [3.05, 3.63) is 106 Å². The van der Waals surface area contributed by atoms with E-state index in [0.29, 0.717) is 6.42 Å². The minimum absolute atomic E-state index is 0.0634. The average Bonchev–Trinajstić information content (AvgIpc) is 3.55. The quantitative estimate of drug-likeness (QED) is 0.244. The number of hydrogen-bond donors (Lipinski definition) is 4. The molecule has 5 atom stereocenters. The zero-order valence-corrected chi connectivity index (χ0v) is 27.8. The fourth-order valence-electron chi connectivity index (χ4n) is 7.36. The summed E-state index contributed by atoms with van der Waals surface area (Å²) in [6, 6.07) is 23.8. The second kappa shape index (κ2) is 14.3. The number of amides is 3. The number of fused-ring (bicyclic) bond motifs is 2. The number of carbonyl (C=O) groups excluding carboxylic acids is 3. The van der Waals surface area contributed by atoms with Crippen molar-refractivity contribution in [2.45, 2.75) is 108 Å². The molecule has 248 valence electrons. The summed E-state index contributed by atoms with van der Waals surface area (Å²) in [4.78, 5) is 39.8. The van der Waals surface area contributed by atoms with Gasteiger partial charge in [-0.1, -0.05) is 72.8 Å². The fourth-order valence-corrected chi connectivity index (χ4v) is 7.36. The maximum atomic E-state index is 13.7. The van der Waals surface area contributed by atoms with Crippen molar-refractivity contribution in [1.29, 1.82) is 0 Å². The van der Waals surface area contributed by atoms with Crippen molar-refractivity contribution in [1.82, 2.24) is 21.3 Å². The lowest BCUT2D eigenvalue weighted by Gasteiger charge is -2.29. The molecular formula is C39H48N4O4. The normalized spacial score (nSPS) is 22.7. The third-order valence-corrected chi connectivity index (χ3v) is 9.72. The fraction of sp³-hybridized carbons (Fsp3) is 0.462. The van der Waals surface area contributed by atoms with Crippen LogP contribution >= 0.6 is 0 Å². The first kappa shape index (κ1) is 32.8. The van der Waals surface area contributed by atoms with Crippen LogP contribution in [0.1, 0.15) is 104 Å². The maximum absolute atomic E-state index is 13.7. The minimum atomic E-state index is -0.795. The van der Waals surface area contributed by atoms with Crippen molar-refractivity contribution in [2.24, 2.45) is 0 Å². The summed E-state index contributed by atoms with van der Waals surface area (Å²) in [6.45, 7) is 6.15. The lowest BCUT2D eigenvalue weighted by molar-refractivity contribution is -0.124. The van der Waals surface area contributed by atoms with Crippen LogP contribution in [0.4, 0.5) is 4.79 Å². The molecule has 0 aromatic heterocycles. The number of benzene rings is 3. The average molecular weight is 637 g/mol. The zero-order valence-electron chi connectivity index (χ0n) is 27.8. The maximum Gasteiger partial charge on any atom is 0.408 e. The summed E-state index contributed by atoms with van der Waals surface area (Å²) in [5, 5.41) is 12.8. The highest BCUT2D eigenvalue weighted by atomic mass is 16.6. The van der Waals surface area contributed by atoms with Crippen molar-refractivity contribution in [3.8, 4) is 0 Å². The molecule has 1 fully saturated rings. The van der Waals surface area contributed by atoms with Gasteiger partial charge in [0.05, 0.1) is 18.1 Å². The Kier molecular flexibility index (Phi) is 9.97. The van der Waals surface area contributed by atoms with E-state index >= 15 is 0 Å². The molecule has 3 aromatic carbocycles. The molecule has 3 aromatic rings. The van der Waals surface area contributed by atoms with Crippen LogP contribution < -0.4 is 21.3 Å². The standard InChI is InChI=1S/C39H48N4O4/c1-39(2,3)47-38(46)43-35(37(45)42-33-17-9-13-28-11-5-7-15-31(28)33)22-25-18-20-26(21-19-25)29-23-34(40-24-29)36(44)41-32-16-8-12-27-10-4-6-14-30(27)32/h4-7,10-11,14-15,18-21,29,32-35,40H,8-9,12-13,16-17,22-24H2,1-3H3,(H,41,44)(H,42,45)(H,43,46)/t29?,32-,33?,34+,35?/m1/s1. The smallest absolute Gasteiger partial charge is 0.408 e. The molecule has 0 radical (unpaired) electrons. The van der Waals surface area contributed by atoms with Crippen LogP contribution in [0.2, 0.25) is 0 Å². The van der Waals surface area contributed by atoms with E-state index < -0.39 is 17.7 Å². The lowest BCUT2D eigenvalue weighted by Crippen LogP contribution is -2.50. The van der Waals surface area contributed by atoms with Gasteiger partial charge in [0.25, 0.3) is 0 Å². The molecule has 3 amide bonds. The van der Waals surface area contributed by atoms with E-state index in [2.05, 4.69) is 69.8 Å². The second-order valence-corrected chi connectivity index (χ2v) is 14.3. The van der Waals surface area contributed by atoms with E-state index in [4.69, 9.17) is 4.74 Å². The Morgan fingerprint density at radius 1 is 0.830 bits per heavy atom. The van der Waals surface area contributed by atoms with Gasteiger partial charge in [0, 0.05) is 13.0 Å². The van der Waals surface area contributed by atoms with Gasteiger partial charge >= 0.3 is 6.09 Å². The Labute approximate surface area is 278 Å². The van der Waals surface area contributed by atoms with E-state index in [-0.39, 0.29) is 35.9 Å². The van der Waals surface area contributed by atoms with Crippen LogP contribution in [-0.2, 0) is 33.6 Å². The van der Waals surface area contributed by atoms with E-state index in [1.165, 1.54) is 16.7 Å². The number of hydrogen-bond acceptors (Lipinski definition) is 5. The predicted molar refractivity (Wildman–Crippen MR) is 183 cm³/mol. The molecule has 6 rings (SSSR count). The topological polar surface area (TPSA) is 109 Å². The predicted octanol–water partition coefficient (Wildman–Crippen LogP) is 5.96. The van der Waals surface area contributed by atoms with Crippen molar-refractivity contribution < 1.29 is 19.1 Å². The molecule has 8 heteroatoms. The lowest BCUT2D eigenvalue weighted by atomic mass is 9.87. The Morgan fingerprint density at radius 2 is 1.43 bits per heavy atom. The highest BCUT2D eigenvalue weighted by molar-refractivity contribution is 5.86. The SMILES string of the molecule is CC(C)(C)OC(=O)NC(Cc1ccc(C2CN[C@H](C(=O)N[C@@H]3CCCc4ccccc43)C2)cc1)C(=O)NC1CCCc2ccccc21. The van der Waals surface area contributed by atoms with Gasteiger partial charge in [-0.2, -0.15) is 0 Å². The molecule has 0 bridgehead atoms. The van der Waals surface area contributed by atoms with Gasteiger partial charge in [0.2, 0.25) is 11.8 Å². The number of alkyl carbamates (subject to hydrolysis) is 1. The van der Waals surface area contributed by atoms with Gasteiger partial charge in [-0.15, -0.1) is 0 Å². The summed E-state index contributed by atoms with van der Waals surface area (Å²) in [5.74, 6) is 0.0494. The van der Waals surface area contributed by atoms with E-state index in [9.17, 15) is 14.4 Å². The third kappa shape index (κ3) is 8.22. The zero-order chi connectivity index (χ0) is 33.0. The van der Waals surface area contributed by atoms with Crippen LogP contribution in [0.25, 0.3) is 0 Å². The Hall–Kier alpha value is -4.17. The molecule has 4 N–H and O–H groups in total. The van der Waals surface area contributed by atoms with Crippen molar-refractivity contribution >= 4 is 17.9 Å². The van der Waals surface area contributed by atoms with Gasteiger partial charge in [-0.05, 0) is 105 Å². The van der Waals surface area contributed by atoms with Crippen LogP contribution in [0.15, 0.2) is 72.8 Å². The van der Waals surface area contributed by atoms with Crippen LogP contribution in [-0.4, -0.2) is 42.1 Å². The second-order valence-electron chi connectivity index (χ2n) is 14.3. The molecule has 2 aliphatic carbocycles. The Balaban J connectivity index is 1.08. The first-order valence-electron chi connectivity index (χ1n) is 17.2. The first-order valence-corrected chi connectivity index (χ1v) is 17.2. The summed E-state index contributed by atoms with van der Waals surface area (Å²) >= 11 is 0. The number of carbonyl (C=O) groups is 3. The van der Waals surface area contributed by atoms with Gasteiger partial charge < -0.3 is 26.0 Å². The molecular weight excluding hydrogens is 588 g/mol. The monoisotopic (exact) mass is 636 g/mol. The van der Waals surface area contributed by atoms with Gasteiger partial charge in [0.1, 0.15) is 11.6 Å². The molecule has 1 aliphatic heterocycles. The Morgan fingerprint density at radius 3 is 2.04 bits per heavy atom. The highest BCUT2D eigenvalue weighted by Crippen LogP contribution is 2.32. The highest BCUT2D eigenvalue weighted by Gasteiger charge is 2.33. The minimum Gasteiger partial charge on any atom is -0.444 e. The molecule has 47 heavy (non-hydrogen) atoms. The van der Waals surface area contributed by atoms with Crippen LogP contribution in [0.5, 0.6) is 0 Å². The Bertz CT molecular complexity index is 1580. The van der Waals surface area contributed by atoms with Crippen molar-refractivity contribution in [3.63, 3.8) is 0 Å². The first-order chi connectivity index (χ1) is 22.6. The van der Waals surface area contributed by atoms with E-state index in [0.717, 1.165) is 68.2 Å². The van der Waals surface area contributed by atoms with Gasteiger partial charge in [-0.25, -0.2) is 4.79 Å². The molecule has 3 unspecified atom stereocenters. The number of ether oxygens (including phenoxy) is 1. The molecule has 3 aliphatic rings. The molecule has 1 heterocycles. The number of nitrogens with one attached hydrogen (secondary N) is 4. The third-order valence-electron chi connectivity index (χ3n) is 9.72.